The van der Waals surface area contributed by atoms with E-state index in [1.807, 2.05) is 0 Å². The van der Waals surface area contributed by atoms with Crippen LogP contribution in [-0.2, 0) is 0 Å². The first-order chi connectivity index (χ1) is 5.47. The summed E-state index contributed by atoms with van der Waals surface area (Å²) in [5, 5.41) is 7.06. The van der Waals surface area contributed by atoms with Gasteiger partial charge in [0.1, 0.15) is 0 Å². The van der Waals surface area contributed by atoms with Crippen LogP contribution in [0.4, 0.5) is 13.9 Å². The smallest absolute Gasteiger partial charge is 0.295 e. The lowest BCUT2D eigenvalue weighted by Crippen LogP contribution is -2.20. The highest BCUT2D eigenvalue weighted by Crippen LogP contribution is 2.21. The fourth-order valence-corrected chi connectivity index (χ4v) is 0.927. The Kier molecular flexibility index (Phi) is 2.41. The second kappa shape index (κ2) is 3.18. The van der Waals surface area contributed by atoms with Gasteiger partial charge in [0.15, 0.2) is 6.61 Å². The predicted octanol–water partition coefficient (Wildman–Crippen LogP) is 1.15. The zero-order chi connectivity index (χ0) is 9.19. The molecular weight excluding hydrogens is 188 g/mol. The van der Waals surface area contributed by atoms with Crippen LogP contribution in [0.25, 0.3) is 0 Å². The Hall–Kier alpha value is -0.980. The van der Waals surface area contributed by atoms with Gasteiger partial charge < -0.3 is 10.5 Å². The maximum atomic E-state index is 12.2. The molecule has 12 heavy (non-hydrogen) atoms. The zero-order valence-electron chi connectivity index (χ0n) is 6.25. The lowest BCUT2D eigenvalue weighted by Gasteiger charge is -2.08. The standard InChI is InChI=1S/C5H7F2N3OS/c1-5(6,7)2-11-4-10-9-3(8)12-4/h2H2,1H3,(H2,8,9). The van der Waals surface area contributed by atoms with E-state index < -0.39 is 12.5 Å². The molecule has 0 saturated carbocycles. The second-order valence-electron chi connectivity index (χ2n) is 2.27. The van der Waals surface area contributed by atoms with Crippen molar-refractivity contribution < 1.29 is 13.5 Å². The molecule has 1 heterocycles. The molecule has 0 radical (unpaired) electrons. The Bertz CT molecular complexity index is 259. The summed E-state index contributed by atoms with van der Waals surface area (Å²) >= 11 is 0.928. The minimum absolute atomic E-state index is 0.0639. The van der Waals surface area contributed by atoms with Crippen molar-refractivity contribution >= 4 is 16.5 Å². The van der Waals surface area contributed by atoms with Gasteiger partial charge in [0, 0.05) is 6.92 Å². The van der Waals surface area contributed by atoms with Crippen molar-refractivity contribution in [3.8, 4) is 5.19 Å². The fraction of sp³-hybridized carbons (Fsp3) is 0.600. The summed E-state index contributed by atoms with van der Waals surface area (Å²) in [5.74, 6) is -2.86. The van der Waals surface area contributed by atoms with Gasteiger partial charge >= 0.3 is 0 Å². The van der Waals surface area contributed by atoms with Gasteiger partial charge in [-0.15, -0.1) is 5.10 Å². The minimum atomic E-state index is -2.86. The van der Waals surface area contributed by atoms with Crippen LogP contribution in [0.5, 0.6) is 5.19 Å². The van der Waals surface area contributed by atoms with Gasteiger partial charge in [0.2, 0.25) is 5.13 Å². The Balaban J connectivity index is 2.44. The van der Waals surface area contributed by atoms with Crippen molar-refractivity contribution in [2.24, 2.45) is 0 Å². The number of hydrogen-bond acceptors (Lipinski definition) is 5. The molecule has 0 fully saturated rings. The highest BCUT2D eigenvalue weighted by molar-refractivity contribution is 7.16. The lowest BCUT2D eigenvalue weighted by atomic mass is 10.4. The average Bonchev–Trinajstić information content (AvgIpc) is 2.30. The summed E-state index contributed by atoms with van der Waals surface area (Å²) < 4.78 is 29.0. The summed E-state index contributed by atoms with van der Waals surface area (Å²) in [6.45, 7) is 0.0546. The van der Waals surface area contributed by atoms with E-state index in [0.29, 0.717) is 0 Å². The maximum Gasteiger partial charge on any atom is 0.295 e. The van der Waals surface area contributed by atoms with Gasteiger partial charge in [-0.3, -0.25) is 0 Å². The Morgan fingerprint density at radius 3 is 2.67 bits per heavy atom. The van der Waals surface area contributed by atoms with Gasteiger partial charge in [-0.25, -0.2) is 8.78 Å². The topological polar surface area (TPSA) is 61.0 Å². The quantitative estimate of drug-likeness (QED) is 0.786. The number of hydrogen-bond donors (Lipinski definition) is 1. The summed E-state index contributed by atoms with van der Waals surface area (Å²) in [7, 11) is 0. The van der Waals surface area contributed by atoms with Crippen LogP contribution in [0.1, 0.15) is 6.92 Å². The third-order valence-corrected chi connectivity index (χ3v) is 1.54. The van der Waals surface area contributed by atoms with Crippen LogP contribution in [0.3, 0.4) is 0 Å². The average molecular weight is 195 g/mol. The van der Waals surface area contributed by atoms with Crippen LogP contribution in [-0.4, -0.2) is 22.7 Å². The fourth-order valence-electron chi connectivity index (χ4n) is 0.467. The van der Waals surface area contributed by atoms with Crippen molar-refractivity contribution in [3.05, 3.63) is 0 Å². The van der Waals surface area contributed by atoms with E-state index in [2.05, 4.69) is 14.9 Å². The van der Waals surface area contributed by atoms with Gasteiger partial charge in [0.25, 0.3) is 11.1 Å². The van der Waals surface area contributed by atoms with Crippen LogP contribution in [0.15, 0.2) is 0 Å². The Morgan fingerprint density at radius 1 is 1.58 bits per heavy atom. The first kappa shape index (κ1) is 9.11. The number of rotatable bonds is 3. The van der Waals surface area contributed by atoms with Crippen molar-refractivity contribution in [1.82, 2.24) is 10.2 Å². The predicted molar refractivity (Wildman–Crippen MR) is 40.4 cm³/mol. The van der Waals surface area contributed by atoms with Crippen LogP contribution >= 0.6 is 11.3 Å². The number of alkyl halides is 2. The second-order valence-corrected chi connectivity index (χ2v) is 3.24. The maximum absolute atomic E-state index is 12.2. The molecule has 0 bridgehead atoms. The van der Waals surface area contributed by atoms with Crippen molar-refractivity contribution in [2.75, 3.05) is 12.3 Å². The van der Waals surface area contributed by atoms with Gasteiger partial charge in [-0.1, -0.05) is 5.10 Å². The molecule has 0 unspecified atom stereocenters. The van der Waals surface area contributed by atoms with Crippen molar-refractivity contribution in [1.29, 1.82) is 0 Å². The number of aromatic nitrogens is 2. The molecule has 0 aromatic carbocycles. The van der Waals surface area contributed by atoms with E-state index >= 15 is 0 Å². The molecule has 0 aliphatic heterocycles. The molecule has 2 N–H and O–H groups in total. The first-order valence-corrected chi connectivity index (χ1v) is 3.88. The van der Waals surface area contributed by atoms with Gasteiger partial charge in [-0.05, 0) is 11.3 Å². The number of nitrogens with zero attached hydrogens (tertiary/aromatic N) is 2. The normalized spacial score (nSPS) is 11.6. The number of nitrogen functional groups attached to an aromatic ring is 1. The van der Waals surface area contributed by atoms with E-state index in [1.54, 1.807) is 0 Å². The molecule has 0 aliphatic carbocycles. The molecule has 0 amide bonds. The SMILES string of the molecule is CC(F)(F)COc1nnc(N)s1. The minimum Gasteiger partial charge on any atom is -0.463 e. The largest absolute Gasteiger partial charge is 0.463 e. The van der Waals surface area contributed by atoms with Crippen LogP contribution in [0, 0.1) is 0 Å². The van der Waals surface area contributed by atoms with E-state index in [1.165, 1.54) is 0 Å². The molecule has 7 heteroatoms. The number of ether oxygens (including phenoxy) is 1. The van der Waals surface area contributed by atoms with Crippen molar-refractivity contribution in [2.45, 2.75) is 12.8 Å². The van der Waals surface area contributed by atoms with E-state index in [-0.39, 0.29) is 10.3 Å². The monoisotopic (exact) mass is 195 g/mol. The molecule has 0 spiro atoms. The van der Waals surface area contributed by atoms with Crippen LogP contribution < -0.4 is 10.5 Å². The molecule has 0 aliphatic rings. The van der Waals surface area contributed by atoms with Gasteiger partial charge in [-0.2, -0.15) is 0 Å². The zero-order valence-corrected chi connectivity index (χ0v) is 7.07. The first-order valence-electron chi connectivity index (χ1n) is 3.07. The number of nitrogens with two attached hydrogens (primary N) is 1. The highest BCUT2D eigenvalue weighted by Gasteiger charge is 2.22. The third-order valence-electron chi connectivity index (χ3n) is 0.871. The molecule has 0 saturated heterocycles. The molecule has 68 valence electrons. The highest BCUT2D eigenvalue weighted by atomic mass is 32.1. The van der Waals surface area contributed by atoms with Crippen molar-refractivity contribution in [3.63, 3.8) is 0 Å². The summed E-state index contributed by atoms with van der Waals surface area (Å²) in [6.07, 6.45) is 0. The number of anilines is 1. The van der Waals surface area contributed by atoms with Crippen LogP contribution in [0.2, 0.25) is 0 Å². The molecule has 1 rings (SSSR count). The number of halogens is 2. The molecule has 0 atom stereocenters. The molecule has 4 nitrogen and oxygen atoms in total. The lowest BCUT2D eigenvalue weighted by molar-refractivity contribution is -0.0231. The van der Waals surface area contributed by atoms with Gasteiger partial charge in [0.05, 0.1) is 0 Å². The summed E-state index contributed by atoms with van der Waals surface area (Å²) in [6, 6.07) is 0. The van der Waals surface area contributed by atoms with E-state index in [4.69, 9.17) is 5.73 Å². The molecule has 1 aromatic rings. The molecule has 1 aromatic heterocycles. The summed E-state index contributed by atoms with van der Waals surface area (Å²) in [4.78, 5) is 0. The summed E-state index contributed by atoms with van der Waals surface area (Å²) in [5.41, 5.74) is 5.20. The Labute approximate surface area is 71.4 Å². The molecular formula is C5H7F2N3OS. The third kappa shape index (κ3) is 2.95. The van der Waals surface area contributed by atoms with E-state index in [9.17, 15) is 8.78 Å². The Morgan fingerprint density at radius 2 is 2.25 bits per heavy atom. The van der Waals surface area contributed by atoms with E-state index in [0.717, 1.165) is 18.3 Å².